The Bertz CT molecular complexity index is 1080. The first-order valence-corrected chi connectivity index (χ1v) is 9.77. The Balaban J connectivity index is 1.74. The molecule has 1 amide bonds. The van der Waals surface area contributed by atoms with Crippen LogP contribution in [0.25, 0.3) is 0 Å². The van der Waals surface area contributed by atoms with E-state index in [2.05, 4.69) is 26.5 Å². The quantitative estimate of drug-likeness (QED) is 0.235. The van der Waals surface area contributed by atoms with Crippen LogP contribution in [0.5, 0.6) is 5.75 Å². The SMILES string of the molecule is Cc1ccc(C(=O)Oc2ccc(Br)cc2C=NNC(=O)c2cccc(Cl)c2)cc1. The molecular weight excluding hydrogens is 456 g/mol. The second kappa shape index (κ2) is 9.49. The van der Waals surface area contributed by atoms with Crippen LogP contribution in [-0.2, 0) is 0 Å². The van der Waals surface area contributed by atoms with Crippen LogP contribution in [0.4, 0.5) is 0 Å². The summed E-state index contributed by atoms with van der Waals surface area (Å²) in [5, 5.41) is 4.42. The van der Waals surface area contributed by atoms with Gasteiger partial charge in [-0.25, -0.2) is 10.2 Å². The molecule has 0 aromatic heterocycles. The number of carbonyl (C=O) groups is 2. The monoisotopic (exact) mass is 470 g/mol. The fourth-order valence-electron chi connectivity index (χ4n) is 2.42. The second-order valence-electron chi connectivity index (χ2n) is 6.15. The molecule has 0 unspecified atom stereocenters. The van der Waals surface area contributed by atoms with Crippen molar-refractivity contribution in [2.75, 3.05) is 0 Å². The summed E-state index contributed by atoms with van der Waals surface area (Å²) in [6.07, 6.45) is 1.41. The maximum absolute atomic E-state index is 12.4. The third kappa shape index (κ3) is 5.76. The van der Waals surface area contributed by atoms with Crippen molar-refractivity contribution in [1.82, 2.24) is 5.43 Å². The van der Waals surface area contributed by atoms with Gasteiger partial charge in [-0.3, -0.25) is 4.79 Å². The number of hydrazone groups is 1. The lowest BCUT2D eigenvalue weighted by molar-refractivity contribution is 0.0734. The van der Waals surface area contributed by atoms with Gasteiger partial charge in [-0.2, -0.15) is 5.10 Å². The van der Waals surface area contributed by atoms with Crippen molar-refractivity contribution in [2.24, 2.45) is 5.10 Å². The summed E-state index contributed by atoms with van der Waals surface area (Å²) in [6, 6.07) is 18.7. The zero-order chi connectivity index (χ0) is 20.8. The van der Waals surface area contributed by atoms with E-state index in [1.165, 1.54) is 6.21 Å². The number of esters is 1. The lowest BCUT2D eigenvalue weighted by atomic mass is 10.1. The van der Waals surface area contributed by atoms with Gasteiger partial charge in [0.15, 0.2) is 0 Å². The number of benzene rings is 3. The van der Waals surface area contributed by atoms with Crippen molar-refractivity contribution in [3.63, 3.8) is 0 Å². The van der Waals surface area contributed by atoms with Gasteiger partial charge in [-0.1, -0.05) is 51.3 Å². The molecule has 3 rings (SSSR count). The van der Waals surface area contributed by atoms with Crippen LogP contribution < -0.4 is 10.2 Å². The van der Waals surface area contributed by atoms with Crippen LogP contribution in [-0.4, -0.2) is 18.1 Å². The Morgan fingerprint density at radius 1 is 1.03 bits per heavy atom. The summed E-state index contributed by atoms with van der Waals surface area (Å²) in [6.45, 7) is 1.94. The molecule has 3 aromatic carbocycles. The van der Waals surface area contributed by atoms with Gasteiger partial charge in [0.2, 0.25) is 0 Å². The molecule has 1 N–H and O–H groups in total. The topological polar surface area (TPSA) is 67.8 Å². The molecule has 3 aromatic rings. The van der Waals surface area contributed by atoms with E-state index in [-0.39, 0.29) is 0 Å². The van der Waals surface area contributed by atoms with Crippen molar-refractivity contribution in [3.8, 4) is 5.75 Å². The van der Waals surface area contributed by atoms with Crippen molar-refractivity contribution in [3.05, 3.63) is 98.5 Å². The highest BCUT2D eigenvalue weighted by molar-refractivity contribution is 9.10. The molecule has 0 fully saturated rings. The molecule has 0 saturated carbocycles. The number of nitrogens with one attached hydrogen (secondary N) is 1. The molecule has 0 bridgehead atoms. The molecule has 5 nitrogen and oxygen atoms in total. The Kier molecular flexibility index (Phi) is 6.80. The number of carbonyl (C=O) groups excluding carboxylic acids is 2. The average molecular weight is 472 g/mol. The van der Waals surface area contributed by atoms with Gasteiger partial charge in [-0.05, 0) is 55.5 Å². The van der Waals surface area contributed by atoms with Gasteiger partial charge in [0.1, 0.15) is 5.75 Å². The largest absolute Gasteiger partial charge is 0.422 e. The third-order valence-corrected chi connectivity index (χ3v) is 4.65. The number of ether oxygens (including phenoxy) is 1. The minimum atomic E-state index is -0.482. The van der Waals surface area contributed by atoms with Gasteiger partial charge in [-0.15, -0.1) is 0 Å². The first-order valence-electron chi connectivity index (χ1n) is 8.60. The molecular formula is C22H16BrClN2O3. The number of rotatable bonds is 5. The van der Waals surface area contributed by atoms with E-state index in [0.717, 1.165) is 10.0 Å². The number of nitrogens with zero attached hydrogens (tertiary/aromatic N) is 1. The summed E-state index contributed by atoms with van der Waals surface area (Å²) in [5.74, 6) is -0.568. The maximum Gasteiger partial charge on any atom is 0.343 e. The van der Waals surface area contributed by atoms with Crippen LogP contribution in [0.15, 0.2) is 76.3 Å². The van der Waals surface area contributed by atoms with Crippen molar-refractivity contribution < 1.29 is 14.3 Å². The molecule has 0 saturated heterocycles. The van der Waals surface area contributed by atoms with Gasteiger partial charge in [0.05, 0.1) is 11.8 Å². The number of hydrogen-bond donors (Lipinski definition) is 1. The highest BCUT2D eigenvalue weighted by Crippen LogP contribution is 2.23. The van der Waals surface area contributed by atoms with Crippen LogP contribution in [0, 0.1) is 6.92 Å². The minimum absolute atomic E-state index is 0.319. The van der Waals surface area contributed by atoms with E-state index in [0.29, 0.717) is 27.5 Å². The molecule has 0 aliphatic heterocycles. The van der Waals surface area contributed by atoms with Crippen molar-refractivity contribution in [2.45, 2.75) is 6.92 Å². The van der Waals surface area contributed by atoms with Crippen LogP contribution in [0.1, 0.15) is 31.8 Å². The standard InChI is InChI=1S/C22H16BrClN2O3/c1-14-5-7-15(8-6-14)22(28)29-20-10-9-18(23)11-17(20)13-25-26-21(27)16-3-2-4-19(24)12-16/h2-13H,1H3,(H,26,27). The lowest BCUT2D eigenvalue weighted by Crippen LogP contribution is -2.17. The van der Waals surface area contributed by atoms with E-state index >= 15 is 0 Å². The highest BCUT2D eigenvalue weighted by atomic mass is 79.9. The van der Waals surface area contributed by atoms with Crippen molar-refractivity contribution in [1.29, 1.82) is 0 Å². The van der Waals surface area contributed by atoms with E-state index < -0.39 is 11.9 Å². The minimum Gasteiger partial charge on any atom is -0.422 e. The fourth-order valence-corrected chi connectivity index (χ4v) is 2.99. The van der Waals surface area contributed by atoms with Gasteiger partial charge >= 0.3 is 5.97 Å². The second-order valence-corrected chi connectivity index (χ2v) is 7.50. The number of halogens is 2. The Morgan fingerprint density at radius 2 is 1.79 bits per heavy atom. The van der Waals surface area contributed by atoms with E-state index in [1.54, 1.807) is 54.6 Å². The molecule has 146 valence electrons. The van der Waals surface area contributed by atoms with E-state index in [4.69, 9.17) is 16.3 Å². The summed E-state index contributed by atoms with van der Waals surface area (Å²) in [7, 11) is 0. The molecule has 0 atom stereocenters. The summed E-state index contributed by atoms with van der Waals surface area (Å²) in [5.41, 5.74) is 4.82. The summed E-state index contributed by atoms with van der Waals surface area (Å²) in [4.78, 5) is 24.6. The Morgan fingerprint density at radius 3 is 2.52 bits per heavy atom. The van der Waals surface area contributed by atoms with E-state index in [1.807, 2.05) is 19.1 Å². The predicted molar refractivity (Wildman–Crippen MR) is 117 cm³/mol. The number of aryl methyl sites for hydroxylation is 1. The van der Waals surface area contributed by atoms with Crippen LogP contribution in [0.2, 0.25) is 5.02 Å². The summed E-state index contributed by atoms with van der Waals surface area (Å²) < 4.78 is 6.28. The van der Waals surface area contributed by atoms with E-state index in [9.17, 15) is 9.59 Å². The molecule has 0 aliphatic rings. The summed E-state index contributed by atoms with van der Waals surface area (Å²) >= 11 is 9.27. The number of hydrogen-bond acceptors (Lipinski definition) is 4. The van der Waals surface area contributed by atoms with Crippen molar-refractivity contribution >= 4 is 45.6 Å². The highest BCUT2D eigenvalue weighted by Gasteiger charge is 2.12. The Labute approximate surface area is 181 Å². The lowest BCUT2D eigenvalue weighted by Gasteiger charge is -2.08. The molecule has 7 heteroatoms. The normalized spacial score (nSPS) is 10.7. The third-order valence-electron chi connectivity index (χ3n) is 3.92. The number of amides is 1. The van der Waals surface area contributed by atoms with Gasteiger partial charge < -0.3 is 4.74 Å². The van der Waals surface area contributed by atoms with Gasteiger partial charge in [0.25, 0.3) is 5.91 Å². The average Bonchev–Trinajstić information content (AvgIpc) is 2.70. The molecule has 0 spiro atoms. The first kappa shape index (κ1) is 20.8. The molecule has 0 heterocycles. The molecule has 29 heavy (non-hydrogen) atoms. The first-order chi connectivity index (χ1) is 13.9. The van der Waals surface area contributed by atoms with Crippen LogP contribution >= 0.6 is 27.5 Å². The zero-order valence-corrected chi connectivity index (χ0v) is 17.7. The Hall–Kier alpha value is -2.96. The smallest absolute Gasteiger partial charge is 0.343 e. The zero-order valence-electron chi connectivity index (χ0n) is 15.4. The fraction of sp³-hybridized carbons (Fsp3) is 0.0455. The van der Waals surface area contributed by atoms with Gasteiger partial charge in [0, 0.05) is 20.6 Å². The molecule has 0 aliphatic carbocycles. The van der Waals surface area contributed by atoms with Crippen LogP contribution in [0.3, 0.4) is 0 Å². The molecule has 0 radical (unpaired) electrons. The predicted octanol–water partition coefficient (Wildman–Crippen LogP) is 5.39. The maximum atomic E-state index is 12.4.